The molecule has 0 aromatic rings. The fourth-order valence-corrected chi connectivity index (χ4v) is 13.4. The zero-order valence-corrected chi connectivity index (χ0v) is 15.1. The Morgan fingerprint density at radius 3 is 1.12 bits per heavy atom. The van der Waals surface area contributed by atoms with Crippen molar-refractivity contribution in [3.8, 4) is 0 Å². The van der Waals surface area contributed by atoms with Gasteiger partial charge in [0.15, 0.2) is 0 Å². The van der Waals surface area contributed by atoms with E-state index in [1.165, 1.54) is 69.3 Å². The molecule has 1 rings (SSSR count). The van der Waals surface area contributed by atoms with Crippen LogP contribution in [0.1, 0.15) is 57.8 Å². The van der Waals surface area contributed by atoms with Crippen LogP contribution in [0.25, 0.3) is 0 Å². The first-order valence-corrected chi connectivity index (χ1v) is 14.2. The molecule has 0 aliphatic carbocycles. The van der Waals surface area contributed by atoms with E-state index in [9.17, 15) is 0 Å². The first-order chi connectivity index (χ1) is 8.50. The van der Waals surface area contributed by atoms with E-state index in [-0.39, 0.29) is 0 Å². The van der Waals surface area contributed by atoms with Gasteiger partial charge in [0.2, 0.25) is 0 Å². The summed E-state index contributed by atoms with van der Waals surface area (Å²) in [7, 11) is 11.8. The third-order valence-corrected chi connectivity index (χ3v) is 13.7. The average molecular weight is 347 g/mol. The zero-order chi connectivity index (χ0) is 12.0. The van der Waals surface area contributed by atoms with E-state index in [4.69, 9.17) is 0 Å². The predicted octanol–water partition coefficient (Wildman–Crippen LogP) is 7.49. The largest absolute Gasteiger partial charge is 0.0817 e. The Bertz CT molecular complexity index is 85.4. The summed E-state index contributed by atoms with van der Waals surface area (Å²) < 4.78 is 0. The lowest BCUT2D eigenvalue weighted by Gasteiger charge is -2.01. The van der Waals surface area contributed by atoms with Crippen LogP contribution in [0.15, 0.2) is 0 Å². The van der Waals surface area contributed by atoms with Crippen molar-refractivity contribution >= 4 is 60.9 Å². The molecule has 0 nitrogen and oxygen atoms in total. The second-order valence-electron chi connectivity index (χ2n) is 4.10. The van der Waals surface area contributed by atoms with Crippen molar-refractivity contribution in [3.63, 3.8) is 0 Å². The average Bonchev–Trinajstić information content (AvgIpc) is 2.35. The maximum Gasteiger partial charge on any atom is 0.00454 e. The quantitative estimate of drug-likeness (QED) is 0.414. The molecule has 0 saturated carbocycles. The van der Waals surface area contributed by atoms with Crippen LogP contribution in [-0.4, -0.2) is 11.5 Å². The molecule has 1 aliphatic rings. The minimum absolute atomic E-state index is 1.33. The van der Waals surface area contributed by atoms with E-state index in [0.29, 0.717) is 0 Å². The molecule has 1 heterocycles. The number of hydrogen-bond acceptors (Lipinski definition) is 6. The Kier molecular flexibility index (Phi) is 14.6. The molecule has 0 bridgehead atoms. The van der Waals surface area contributed by atoms with Crippen LogP contribution < -0.4 is 0 Å². The van der Waals surface area contributed by atoms with Gasteiger partial charge >= 0.3 is 0 Å². The molecule has 0 amide bonds. The summed E-state index contributed by atoms with van der Waals surface area (Å²) in [6, 6.07) is 0. The standard InChI is InChI=1S/C11H22S6/c1-2-4-6-8-10-12-14-16-17-15-13-11-9-7-5-3-1/h1-11H2. The van der Waals surface area contributed by atoms with Crippen molar-refractivity contribution in [3.05, 3.63) is 0 Å². The fourth-order valence-electron chi connectivity index (χ4n) is 1.69. The van der Waals surface area contributed by atoms with E-state index in [2.05, 4.69) is 0 Å². The van der Waals surface area contributed by atoms with Gasteiger partial charge in [-0.3, -0.25) is 0 Å². The third kappa shape index (κ3) is 12.9. The zero-order valence-electron chi connectivity index (χ0n) is 10.2. The first kappa shape index (κ1) is 17.2. The monoisotopic (exact) mass is 346 g/mol. The normalized spacial score (nSPS) is 24.0. The Morgan fingerprint density at radius 1 is 0.353 bits per heavy atom. The number of rotatable bonds is 0. The van der Waals surface area contributed by atoms with Gasteiger partial charge in [-0.05, 0) is 52.1 Å². The van der Waals surface area contributed by atoms with Crippen LogP contribution in [0.5, 0.6) is 0 Å². The number of hydrogen-bond donors (Lipinski definition) is 0. The van der Waals surface area contributed by atoms with Gasteiger partial charge in [0.25, 0.3) is 0 Å². The van der Waals surface area contributed by atoms with E-state index in [1.807, 2.05) is 60.9 Å². The summed E-state index contributed by atoms with van der Waals surface area (Å²) in [6.45, 7) is 0. The second-order valence-corrected chi connectivity index (χ2v) is 13.9. The summed E-state index contributed by atoms with van der Waals surface area (Å²) in [6.07, 6.45) is 13.0. The van der Waals surface area contributed by atoms with E-state index >= 15 is 0 Å². The molecule has 0 unspecified atom stereocenters. The maximum atomic E-state index is 2.03. The summed E-state index contributed by atoms with van der Waals surface area (Å²) in [5.41, 5.74) is 0. The van der Waals surface area contributed by atoms with E-state index in [1.54, 1.807) is 0 Å². The minimum atomic E-state index is 1.33. The van der Waals surface area contributed by atoms with Crippen molar-refractivity contribution in [1.29, 1.82) is 0 Å². The Labute approximate surface area is 129 Å². The molecule has 0 aromatic carbocycles. The van der Waals surface area contributed by atoms with Gasteiger partial charge in [-0.25, -0.2) is 0 Å². The van der Waals surface area contributed by atoms with Crippen LogP contribution >= 0.6 is 60.9 Å². The SMILES string of the molecule is C1CCCCCSSSSSSCCCCC1. The molecule has 1 aliphatic heterocycles. The lowest BCUT2D eigenvalue weighted by Crippen LogP contribution is -1.83. The smallest absolute Gasteiger partial charge is 0.00454 e. The molecule has 0 atom stereocenters. The molecular formula is C11H22S6. The highest BCUT2D eigenvalue weighted by atomic mass is 33.9. The van der Waals surface area contributed by atoms with E-state index < -0.39 is 0 Å². The predicted molar refractivity (Wildman–Crippen MR) is 96.8 cm³/mol. The van der Waals surface area contributed by atoms with Gasteiger partial charge in [0.05, 0.1) is 0 Å². The lowest BCUT2D eigenvalue weighted by molar-refractivity contribution is 0.574. The fraction of sp³-hybridized carbons (Fsp3) is 1.00. The summed E-state index contributed by atoms with van der Waals surface area (Å²) >= 11 is 0. The summed E-state index contributed by atoms with van der Waals surface area (Å²) in [5, 5.41) is 0. The third-order valence-electron chi connectivity index (χ3n) is 2.63. The van der Waals surface area contributed by atoms with Gasteiger partial charge < -0.3 is 0 Å². The van der Waals surface area contributed by atoms with Crippen molar-refractivity contribution < 1.29 is 0 Å². The highest BCUT2D eigenvalue weighted by molar-refractivity contribution is 9.41. The van der Waals surface area contributed by atoms with Gasteiger partial charge in [0, 0.05) is 11.5 Å². The highest BCUT2D eigenvalue weighted by Gasteiger charge is 1.98. The second kappa shape index (κ2) is 14.5. The Morgan fingerprint density at radius 2 is 0.706 bits per heavy atom. The van der Waals surface area contributed by atoms with Crippen LogP contribution in [0, 0.1) is 0 Å². The van der Waals surface area contributed by atoms with Crippen LogP contribution in [0.2, 0.25) is 0 Å². The maximum absolute atomic E-state index is 2.03. The minimum Gasteiger partial charge on any atom is -0.0817 e. The Balaban J connectivity index is 2.01. The van der Waals surface area contributed by atoms with Crippen molar-refractivity contribution in [2.75, 3.05) is 11.5 Å². The van der Waals surface area contributed by atoms with E-state index in [0.717, 1.165) is 0 Å². The molecule has 0 spiro atoms. The van der Waals surface area contributed by atoms with Gasteiger partial charge in [-0.1, -0.05) is 66.5 Å². The molecule has 0 radical (unpaired) electrons. The Hall–Kier alpha value is 2.10. The van der Waals surface area contributed by atoms with Crippen molar-refractivity contribution in [2.45, 2.75) is 57.8 Å². The summed E-state index contributed by atoms with van der Waals surface area (Å²) in [4.78, 5) is 0. The van der Waals surface area contributed by atoms with Crippen LogP contribution in [0.4, 0.5) is 0 Å². The molecule has 1 saturated heterocycles. The molecular weight excluding hydrogens is 325 g/mol. The highest BCUT2D eigenvalue weighted by Crippen LogP contribution is 2.52. The van der Waals surface area contributed by atoms with Crippen molar-refractivity contribution in [1.82, 2.24) is 0 Å². The first-order valence-electron chi connectivity index (χ1n) is 6.41. The van der Waals surface area contributed by atoms with Gasteiger partial charge in [0.1, 0.15) is 0 Å². The van der Waals surface area contributed by atoms with Gasteiger partial charge in [-0.2, -0.15) is 0 Å². The van der Waals surface area contributed by atoms with Gasteiger partial charge in [-0.15, -0.1) is 0 Å². The molecule has 1 fully saturated rings. The van der Waals surface area contributed by atoms with Crippen LogP contribution in [-0.2, 0) is 0 Å². The molecule has 0 aromatic heterocycles. The molecule has 102 valence electrons. The topological polar surface area (TPSA) is 0 Å². The molecule has 0 N–H and O–H groups in total. The summed E-state index contributed by atoms with van der Waals surface area (Å²) in [5.74, 6) is 2.66. The van der Waals surface area contributed by atoms with Crippen molar-refractivity contribution in [2.24, 2.45) is 0 Å². The molecule has 6 heteroatoms. The molecule has 17 heavy (non-hydrogen) atoms. The lowest BCUT2D eigenvalue weighted by atomic mass is 10.1. The van der Waals surface area contributed by atoms with Crippen LogP contribution in [0.3, 0.4) is 0 Å².